The van der Waals surface area contributed by atoms with E-state index >= 15 is 0 Å². The van der Waals surface area contributed by atoms with Crippen LogP contribution in [0, 0.1) is 5.82 Å². The van der Waals surface area contributed by atoms with E-state index in [4.69, 9.17) is 0 Å². The van der Waals surface area contributed by atoms with E-state index in [1.165, 1.54) is 12.1 Å². The van der Waals surface area contributed by atoms with Gasteiger partial charge in [-0.25, -0.2) is 4.39 Å². The topological polar surface area (TPSA) is 20.3 Å². The second kappa shape index (κ2) is 3.23. The molecule has 0 spiro atoms. The minimum Gasteiger partial charge on any atom is -0.310 e. The predicted octanol–water partition coefficient (Wildman–Crippen LogP) is 2.05. The lowest BCUT2D eigenvalue weighted by atomic mass is 10.1. The van der Waals surface area contributed by atoms with Crippen LogP contribution in [0.15, 0.2) is 24.3 Å². The van der Waals surface area contributed by atoms with E-state index in [0.29, 0.717) is 10.9 Å². The van der Waals surface area contributed by atoms with Gasteiger partial charge < -0.3 is 4.90 Å². The molecule has 1 aromatic rings. The standard InChI is InChI=1S/C11H10FNOS/c12-7-2-1-3-8(4-7)13-6-9-5-10(15-9)11(13)14/h1-4,9-10H,5-6H2. The van der Waals surface area contributed by atoms with Gasteiger partial charge in [-0.15, -0.1) is 11.8 Å². The van der Waals surface area contributed by atoms with E-state index in [2.05, 4.69) is 0 Å². The molecule has 3 saturated heterocycles. The molecule has 0 aliphatic carbocycles. The number of nitrogens with zero attached hydrogens (tertiary/aromatic N) is 1. The van der Waals surface area contributed by atoms with Crippen molar-refractivity contribution >= 4 is 23.4 Å². The summed E-state index contributed by atoms with van der Waals surface area (Å²) in [7, 11) is 0. The van der Waals surface area contributed by atoms with E-state index in [9.17, 15) is 9.18 Å². The van der Waals surface area contributed by atoms with Crippen molar-refractivity contribution < 1.29 is 9.18 Å². The molecule has 15 heavy (non-hydrogen) atoms. The highest BCUT2D eigenvalue weighted by atomic mass is 32.2. The number of halogens is 1. The maximum atomic E-state index is 13.0. The number of thioether (sulfide) groups is 1. The van der Waals surface area contributed by atoms with Crippen molar-refractivity contribution in [2.75, 3.05) is 11.4 Å². The van der Waals surface area contributed by atoms with Gasteiger partial charge in [-0.05, 0) is 24.6 Å². The zero-order valence-electron chi connectivity index (χ0n) is 8.02. The number of anilines is 1. The minimum absolute atomic E-state index is 0.118. The number of fused-ring (bicyclic) bond motifs is 2. The van der Waals surface area contributed by atoms with Crippen LogP contribution in [0.5, 0.6) is 0 Å². The van der Waals surface area contributed by atoms with Gasteiger partial charge in [-0.2, -0.15) is 0 Å². The molecule has 0 aromatic heterocycles. The molecule has 2 nitrogen and oxygen atoms in total. The summed E-state index contributed by atoms with van der Waals surface area (Å²) >= 11 is 1.74. The van der Waals surface area contributed by atoms with Crippen LogP contribution < -0.4 is 4.90 Å². The van der Waals surface area contributed by atoms with Gasteiger partial charge in [0.05, 0.1) is 5.25 Å². The summed E-state index contributed by atoms with van der Waals surface area (Å²) in [4.78, 5) is 13.6. The molecule has 78 valence electrons. The highest BCUT2D eigenvalue weighted by molar-refractivity contribution is 8.02. The van der Waals surface area contributed by atoms with Crippen LogP contribution in [0.1, 0.15) is 6.42 Å². The van der Waals surface area contributed by atoms with Gasteiger partial charge >= 0.3 is 0 Å². The summed E-state index contributed by atoms with van der Waals surface area (Å²) in [5, 5.41) is 0.669. The third-order valence-electron chi connectivity index (χ3n) is 2.88. The third-order valence-corrected chi connectivity index (χ3v) is 4.33. The van der Waals surface area contributed by atoms with E-state index in [0.717, 1.165) is 13.0 Å². The molecule has 2 unspecified atom stereocenters. The molecule has 3 fully saturated rings. The molecule has 0 saturated carbocycles. The summed E-state index contributed by atoms with van der Waals surface area (Å²) in [5.41, 5.74) is 0.690. The number of hydrogen-bond donors (Lipinski definition) is 0. The molecule has 1 aromatic carbocycles. The number of carbonyl (C=O) groups is 1. The molecule has 1 amide bonds. The number of benzene rings is 1. The van der Waals surface area contributed by atoms with Gasteiger partial charge in [0.1, 0.15) is 5.82 Å². The molecular formula is C11H10FNOS. The second-order valence-electron chi connectivity index (χ2n) is 3.91. The monoisotopic (exact) mass is 223 g/mol. The van der Waals surface area contributed by atoms with E-state index in [-0.39, 0.29) is 17.0 Å². The van der Waals surface area contributed by atoms with Gasteiger partial charge in [0.2, 0.25) is 5.91 Å². The first-order valence-electron chi connectivity index (χ1n) is 4.96. The Bertz CT molecular complexity index is 417. The first-order valence-corrected chi connectivity index (χ1v) is 5.91. The molecule has 4 heteroatoms. The number of rotatable bonds is 1. The molecular weight excluding hydrogens is 213 g/mol. The first kappa shape index (κ1) is 9.21. The fourth-order valence-corrected chi connectivity index (χ4v) is 3.31. The summed E-state index contributed by atoms with van der Waals surface area (Å²) in [6.07, 6.45) is 0.995. The van der Waals surface area contributed by atoms with Crippen molar-refractivity contribution in [3.63, 3.8) is 0 Å². The Morgan fingerprint density at radius 3 is 2.93 bits per heavy atom. The maximum absolute atomic E-state index is 13.0. The lowest BCUT2D eigenvalue weighted by Crippen LogP contribution is -2.55. The maximum Gasteiger partial charge on any atom is 0.240 e. The summed E-state index contributed by atoms with van der Waals surface area (Å²) in [5.74, 6) is -0.152. The SMILES string of the molecule is O=C1C2CC(CN1c1cccc(F)c1)S2. The molecule has 0 N–H and O–H groups in total. The van der Waals surface area contributed by atoms with Crippen LogP contribution in [0.4, 0.5) is 10.1 Å². The first-order chi connectivity index (χ1) is 7.24. The van der Waals surface area contributed by atoms with E-state index < -0.39 is 0 Å². The van der Waals surface area contributed by atoms with E-state index in [1.807, 2.05) is 0 Å². The quantitative estimate of drug-likeness (QED) is 0.726. The molecule has 0 radical (unpaired) electrons. The lowest BCUT2D eigenvalue weighted by Gasteiger charge is -2.45. The van der Waals surface area contributed by atoms with Gasteiger partial charge in [-0.3, -0.25) is 4.79 Å². The number of piperidine rings is 1. The van der Waals surface area contributed by atoms with Crippen LogP contribution in [-0.4, -0.2) is 23.0 Å². The third kappa shape index (κ3) is 1.44. The van der Waals surface area contributed by atoms with Crippen LogP contribution in [-0.2, 0) is 4.79 Å². The number of amides is 1. The molecule has 2 bridgehead atoms. The van der Waals surface area contributed by atoms with Crippen molar-refractivity contribution in [3.8, 4) is 0 Å². The van der Waals surface area contributed by atoms with E-state index in [1.54, 1.807) is 28.8 Å². The van der Waals surface area contributed by atoms with Gasteiger partial charge in [-0.1, -0.05) is 6.07 Å². The van der Waals surface area contributed by atoms with Crippen molar-refractivity contribution in [1.29, 1.82) is 0 Å². The number of carbonyl (C=O) groups excluding carboxylic acids is 1. The Labute approximate surface area is 91.5 Å². The Kier molecular flexibility index (Phi) is 1.99. The molecule has 4 rings (SSSR count). The van der Waals surface area contributed by atoms with Crippen LogP contribution in [0.3, 0.4) is 0 Å². The van der Waals surface area contributed by atoms with Crippen molar-refractivity contribution in [2.24, 2.45) is 0 Å². The normalized spacial score (nSPS) is 28.9. The van der Waals surface area contributed by atoms with Crippen LogP contribution >= 0.6 is 11.8 Å². The minimum atomic E-state index is -0.285. The molecule has 2 atom stereocenters. The largest absolute Gasteiger partial charge is 0.310 e. The van der Waals surface area contributed by atoms with Crippen molar-refractivity contribution in [2.45, 2.75) is 16.9 Å². The summed E-state index contributed by atoms with van der Waals surface area (Å²) < 4.78 is 13.0. The molecule has 3 heterocycles. The zero-order valence-corrected chi connectivity index (χ0v) is 8.84. The van der Waals surface area contributed by atoms with Gasteiger partial charge in [0, 0.05) is 17.5 Å². The predicted molar refractivity (Wildman–Crippen MR) is 58.5 cm³/mol. The fraction of sp³-hybridized carbons (Fsp3) is 0.364. The highest BCUT2D eigenvalue weighted by Crippen LogP contribution is 2.43. The zero-order chi connectivity index (χ0) is 10.4. The van der Waals surface area contributed by atoms with Crippen molar-refractivity contribution in [3.05, 3.63) is 30.1 Å². The Balaban J connectivity index is 1.91. The number of hydrogen-bond acceptors (Lipinski definition) is 2. The second-order valence-corrected chi connectivity index (χ2v) is 5.42. The summed E-state index contributed by atoms with van der Waals surface area (Å²) in [6, 6.07) is 6.25. The smallest absolute Gasteiger partial charge is 0.240 e. The Hall–Kier alpha value is -1.03. The average Bonchev–Trinajstić information content (AvgIpc) is 2.16. The average molecular weight is 223 g/mol. The lowest BCUT2D eigenvalue weighted by molar-refractivity contribution is -0.119. The molecule has 3 aliphatic heterocycles. The van der Waals surface area contributed by atoms with Crippen molar-refractivity contribution in [1.82, 2.24) is 0 Å². The fourth-order valence-electron chi connectivity index (χ4n) is 2.08. The van der Waals surface area contributed by atoms with Crippen LogP contribution in [0.2, 0.25) is 0 Å². The highest BCUT2D eigenvalue weighted by Gasteiger charge is 2.44. The van der Waals surface area contributed by atoms with Gasteiger partial charge in [0.15, 0.2) is 0 Å². The molecule has 3 aliphatic rings. The van der Waals surface area contributed by atoms with Crippen LogP contribution in [0.25, 0.3) is 0 Å². The Morgan fingerprint density at radius 1 is 1.47 bits per heavy atom. The van der Waals surface area contributed by atoms with Gasteiger partial charge in [0.25, 0.3) is 0 Å². The Morgan fingerprint density at radius 2 is 2.27 bits per heavy atom. The summed E-state index contributed by atoms with van der Waals surface area (Å²) in [6.45, 7) is 0.726.